The Morgan fingerprint density at radius 1 is 1.24 bits per heavy atom. The van der Waals surface area contributed by atoms with Crippen molar-refractivity contribution in [3.8, 4) is 5.75 Å². The Hall–Kier alpha value is -2.28. The van der Waals surface area contributed by atoms with Crippen LogP contribution >= 0.6 is 0 Å². The van der Waals surface area contributed by atoms with Gasteiger partial charge >= 0.3 is 0 Å². The summed E-state index contributed by atoms with van der Waals surface area (Å²) >= 11 is 0. The average molecular weight is 342 g/mol. The van der Waals surface area contributed by atoms with Crippen molar-refractivity contribution in [1.82, 2.24) is 4.98 Å². The molecule has 132 valence electrons. The zero-order chi connectivity index (χ0) is 17.6. The maximum Gasteiger partial charge on any atom is 0.145 e. The Balaban J connectivity index is 1.71. The van der Waals surface area contributed by atoms with Gasteiger partial charge in [-0.25, -0.2) is 0 Å². The van der Waals surface area contributed by atoms with E-state index in [1.54, 1.807) is 19.3 Å². The maximum atomic E-state index is 10.1. The van der Waals surface area contributed by atoms with Crippen molar-refractivity contribution >= 4 is 11.9 Å². The van der Waals surface area contributed by atoms with Gasteiger partial charge in [0.25, 0.3) is 0 Å². The number of quaternary nitrogens is 1. The van der Waals surface area contributed by atoms with Crippen molar-refractivity contribution in [2.45, 2.75) is 20.1 Å². The number of aliphatic hydroxyl groups excluding tert-OH is 1. The second-order valence-corrected chi connectivity index (χ2v) is 6.25. The number of aromatic nitrogens is 1. The molecule has 2 heterocycles. The van der Waals surface area contributed by atoms with Crippen LogP contribution in [0.25, 0.3) is 0 Å². The molecular weight excluding hydrogens is 318 g/mol. The Bertz CT molecular complexity index is 738. The van der Waals surface area contributed by atoms with Gasteiger partial charge in [-0.2, -0.15) is 0 Å². The van der Waals surface area contributed by atoms with Gasteiger partial charge < -0.3 is 19.8 Å². The van der Waals surface area contributed by atoms with Crippen LogP contribution in [0.1, 0.15) is 22.4 Å². The highest BCUT2D eigenvalue weighted by atomic mass is 16.5. The molecule has 0 unspecified atom stereocenters. The van der Waals surface area contributed by atoms with Gasteiger partial charge in [0.05, 0.1) is 31.2 Å². The summed E-state index contributed by atoms with van der Waals surface area (Å²) in [5.41, 5.74) is 3.66. The summed E-state index contributed by atoms with van der Waals surface area (Å²) in [5, 5.41) is 19.5. The lowest BCUT2D eigenvalue weighted by atomic mass is 10.1. The summed E-state index contributed by atoms with van der Waals surface area (Å²) in [6.07, 6.45) is 3.14. The van der Waals surface area contributed by atoms with Gasteiger partial charge in [-0.15, -0.1) is 0 Å². The number of aryl methyl sites for hydroxylation is 1. The smallest absolute Gasteiger partial charge is 0.145 e. The van der Waals surface area contributed by atoms with Crippen LogP contribution in [0.5, 0.6) is 5.75 Å². The molecule has 0 aliphatic carbocycles. The summed E-state index contributed by atoms with van der Waals surface area (Å²) in [6, 6.07) is 8.10. The van der Waals surface area contributed by atoms with Gasteiger partial charge in [0.1, 0.15) is 25.4 Å². The van der Waals surface area contributed by atoms with Gasteiger partial charge in [-0.05, 0) is 19.1 Å². The van der Waals surface area contributed by atoms with E-state index in [9.17, 15) is 10.2 Å². The molecule has 1 aliphatic rings. The minimum atomic E-state index is -0.191. The van der Waals surface area contributed by atoms with Crippen LogP contribution in [0, 0.1) is 6.92 Å². The van der Waals surface area contributed by atoms with Crippen molar-refractivity contribution in [3.05, 3.63) is 52.8 Å². The third kappa shape index (κ3) is 4.42. The first-order valence-electron chi connectivity index (χ1n) is 8.50. The van der Waals surface area contributed by atoms with Gasteiger partial charge in [-0.1, -0.05) is 12.1 Å². The lowest BCUT2D eigenvalue weighted by Crippen LogP contribution is -3.12. The number of morpholine rings is 1. The van der Waals surface area contributed by atoms with Crippen molar-refractivity contribution in [1.29, 1.82) is 0 Å². The summed E-state index contributed by atoms with van der Waals surface area (Å²) in [7, 11) is 0. The van der Waals surface area contributed by atoms with E-state index >= 15 is 0 Å². The van der Waals surface area contributed by atoms with E-state index in [-0.39, 0.29) is 12.4 Å². The highest BCUT2D eigenvalue weighted by Gasteiger charge is 2.14. The number of hydrogen-bond acceptors (Lipinski definition) is 5. The molecule has 3 rings (SSSR count). The Labute approximate surface area is 147 Å². The number of ether oxygens (including phenoxy) is 1. The number of nitrogens with one attached hydrogen (secondary N) is 1. The largest absolute Gasteiger partial charge is 0.505 e. The topological polar surface area (TPSA) is 79.4 Å². The Morgan fingerprint density at radius 3 is 2.64 bits per heavy atom. The molecule has 2 aromatic rings. The van der Waals surface area contributed by atoms with Crippen LogP contribution in [0.15, 0.2) is 35.5 Å². The molecule has 3 N–H and O–H groups in total. The molecule has 0 spiro atoms. The summed E-state index contributed by atoms with van der Waals surface area (Å²) < 4.78 is 5.38. The number of aliphatic hydroxyl groups is 1. The fourth-order valence-electron chi connectivity index (χ4n) is 2.89. The minimum absolute atomic E-state index is 0.0582. The number of hydrogen-bond donors (Lipinski definition) is 3. The summed E-state index contributed by atoms with van der Waals surface area (Å²) in [5.74, 6) is 0.0582. The molecule has 0 saturated carbocycles. The number of nitrogens with zero attached hydrogens (tertiary/aromatic N) is 2. The molecule has 6 nitrogen and oxygen atoms in total. The summed E-state index contributed by atoms with van der Waals surface area (Å²) in [6.45, 7) is 6.28. The molecule has 1 saturated heterocycles. The SMILES string of the molecule is Cc1ncc(CO)c(C=Nc2ccc(C[NH+]3CCOCC3)cc2)c1O. The van der Waals surface area contributed by atoms with Crippen LogP contribution in [0.3, 0.4) is 0 Å². The molecule has 0 bridgehead atoms. The van der Waals surface area contributed by atoms with Crippen LogP contribution in [-0.2, 0) is 17.9 Å². The van der Waals surface area contributed by atoms with Crippen LogP contribution in [-0.4, -0.2) is 47.7 Å². The van der Waals surface area contributed by atoms with E-state index in [1.807, 2.05) is 12.1 Å². The zero-order valence-corrected chi connectivity index (χ0v) is 14.4. The Kier molecular flexibility index (Phi) is 5.75. The predicted octanol–water partition coefficient (Wildman–Crippen LogP) is 0.754. The standard InChI is InChI=1S/C19H23N3O3/c1-14-19(24)18(16(13-23)10-20-14)11-21-17-4-2-15(3-5-17)12-22-6-8-25-9-7-22/h2-5,10-11,23-24H,6-9,12-13H2,1H3/p+1. The lowest BCUT2D eigenvalue weighted by molar-refractivity contribution is -0.921. The van der Waals surface area contributed by atoms with E-state index in [4.69, 9.17) is 4.74 Å². The molecule has 0 atom stereocenters. The molecule has 1 aromatic carbocycles. The molecule has 1 aliphatic heterocycles. The highest BCUT2D eigenvalue weighted by molar-refractivity contribution is 5.87. The van der Waals surface area contributed by atoms with Crippen LogP contribution < -0.4 is 4.90 Å². The highest BCUT2D eigenvalue weighted by Crippen LogP contribution is 2.23. The summed E-state index contributed by atoms with van der Waals surface area (Å²) in [4.78, 5) is 10.0. The van der Waals surface area contributed by atoms with E-state index in [0.717, 1.165) is 38.5 Å². The monoisotopic (exact) mass is 342 g/mol. The second kappa shape index (κ2) is 8.20. The first-order valence-corrected chi connectivity index (χ1v) is 8.50. The third-order valence-corrected chi connectivity index (χ3v) is 4.46. The fraction of sp³-hybridized carbons (Fsp3) is 0.368. The number of benzene rings is 1. The van der Waals surface area contributed by atoms with E-state index < -0.39 is 0 Å². The molecule has 0 radical (unpaired) electrons. The fourth-order valence-corrected chi connectivity index (χ4v) is 2.89. The lowest BCUT2D eigenvalue weighted by Gasteiger charge is -2.23. The molecule has 1 fully saturated rings. The first-order chi connectivity index (χ1) is 12.2. The van der Waals surface area contributed by atoms with Crippen LogP contribution in [0.4, 0.5) is 5.69 Å². The number of rotatable bonds is 5. The predicted molar refractivity (Wildman–Crippen MR) is 95.5 cm³/mol. The molecule has 0 amide bonds. The molecule has 6 heteroatoms. The second-order valence-electron chi connectivity index (χ2n) is 6.25. The maximum absolute atomic E-state index is 10.1. The van der Waals surface area contributed by atoms with Crippen LogP contribution in [0.2, 0.25) is 0 Å². The van der Waals surface area contributed by atoms with Crippen molar-refractivity contribution < 1.29 is 19.8 Å². The normalized spacial score (nSPS) is 15.8. The quantitative estimate of drug-likeness (QED) is 0.701. The molecule has 1 aromatic heterocycles. The zero-order valence-electron chi connectivity index (χ0n) is 14.4. The van der Waals surface area contributed by atoms with Crippen molar-refractivity contribution in [2.75, 3.05) is 26.3 Å². The van der Waals surface area contributed by atoms with E-state index in [0.29, 0.717) is 16.8 Å². The van der Waals surface area contributed by atoms with E-state index in [1.165, 1.54) is 10.5 Å². The van der Waals surface area contributed by atoms with Gasteiger partial charge in [-0.3, -0.25) is 9.98 Å². The number of pyridine rings is 1. The third-order valence-electron chi connectivity index (χ3n) is 4.46. The van der Waals surface area contributed by atoms with Crippen molar-refractivity contribution in [3.63, 3.8) is 0 Å². The first kappa shape index (κ1) is 17.5. The molecular formula is C19H24N3O3+. The number of aromatic hydroxyl groups is 1. The van der Waals surface area contributed by atoms with Gasteiger partial charge in [0.15, 0.2) is 0 Å². The van der Waals surface area contributed by atoms with Gasteiger partial charge in [0.2, 0.25) is 0 Å². The van der Waals surface area contributed by atoms with Gasteiger partial charge in [0, 0.05) is 29.1 Å². The average Bonchev–Trinajstić information content (AvgIpc) is 2.65. The van der Waals surface area contributed by atoms with E-state index in [2.05, 4.69) is 22.1 Å². The Morgan fingerprint density at radius 2 is 1.96 bits per heavy atom. The minimum Gasteiger partial charge on any atom is -0.505 e. The number of aliphatic imine (C=N–C) groups is 1. The van der Waals surface area contributed by atoms with Crippen molar-refractivity contribution in [2.24, 2.45) is 4.99 Å². The molecule has 25 heavy (non-hydrogen) atoms.